The predicted molar refractivity (Wildman–Crippen MR) is 89.0 cm³/mol. The SMILES string of the molecule is CCn1cc(CNC(=O)N2CCCC(CO)(CN(C)C)C2)cn1. The van der Waals surface area contributed by atoms with Gasteiger partial charge >= 0.3 is 6.03 Å². The maximum absolute atomic E-state index is 12.4. The Morgan fingerprint density at radius 2 is 2.30 bits per heavy atom. The fourth-order valence-electron chi connectivity index (χ4n) is 3.32. The van der Waals surface area contributed by atoms with Crippen LogP contribution in [0.1, 0.15) is 25.3 Å². The lowest BCUT2D eigenvalue weighted by Crippen LogP contribution is -2.54. The standard InChI is InChI=1S/C16H29N5O2/c1-4-21-10-14(9-18-21)8-17-15(23)20-7-5-6-16(12-20,13-22)11-19(2)3/h9-10,22H,4-8,11-13H2,1-3H3,(H,17,23). The Kier molecular flexibility index (Phi) is 6.01. The Morgan fingerprint density at radius 3 is 2.91 bits per heavy atom. The average Bonchev–Trinajstić information content (AvgIpc) is 3.00. The van der Waals surface area contributed by atoms with Crippen LogP contribution < -0.4 is 5.32 Å². The minimum Gasteiger partial charge on any atom is -0.396 e. The highest BCUT2D eigenvalue weighted by atomic mass is 16.3. The van der Waals surface area contributed by atoms with Crippen molar-refractivity contribution >= 4 is 6.03 Å². The first kappa shape index (κ1) is 17.7. The van der Waals surface area contributed by atoms with Gasteiger partial charge in [0.05, 0.1) is 12.8 Å². The number of aliphatic hydroxyl groups excluding tert-OH is 1. The van der Waals surface area contributed by atoms with Crippen LogP contribution in [0, 0.1) is 5.41 Å². The Labute approximate surface area is 138 Å². The first-order valence-electron chi connectivity index (χ1n) is 8.28. The summed E-state index contributed by atoms with van der Waals surface area (Å²) < 4.78 is 1.84. The molecule has 7 nitrogen and oxygen atoms in total. The van der Waals surface area contributed by atoms with Gasteiger partial charge in [0.1, 0.15) is 0 Å². The number of nitrogens with zero attached hydrogens (tertiary/aromatic N) is 4. The van der Waals surface area contributed by atoms with Gasteiger partial charge in [0.15, 0.2) is 0 Å². The summed E-state index contributed by atoms with van der Waals surface area (Å²) in [6.07, 6.45) is 5.61. The molecule has 1 aliphatic rings. The van der Waals surface area contributed by atoms with Gasteiger partial charge in [-0.15, -0.1) is 0 Å². The molecule has 0 bridgehead atoms. The molecule has 2 heterocycles. The minimum absolute atomic E-state index is 0.0643. The quantitative estimate of drug-likeness (QED) is 0.810. The van der Waals surface area contributed by atoms with E-state index in [-0.39, 0.29) is 18.1 Å². The molecular formula is C16H29N5O2. The van der Waals surface area contributed by atoms with E-state index in [1.54, 1.807) is 6.20 Å². The molecule has 1 fully saturated rings. The maximum atomic E-state index is 12.4. The van der Waals surface area contributed by atoms with Crippen LogP contribution in [-0.2, 0) is 13.1 Å². The van der Waals surface area contributed by atoms with Crippen LogP contribution in [0.25, 0.3) is 0 Å². The number of amides is 2. The van der Waals surface area contributed by atoms with Crippen molar-refractivity contribution in [3.8, 4) is 0 Å². The van der Waals surface area contributed by atoms with E-state index < -0.39 is 0 Å². The van der Waals surface area contributed by atoms with E-state index >= 15 is 0 Å². The van der Waals surface area contributed by atoms with Crippen molar-refractivity contribution in [3.63, 3.8) is 0 Å². The first-order chi connectivity index (χ1) is 11.0. The number of urea groups is 1. The lowest BCUT2D eigenvalue weighted by atomic mass is 9.80. The van der Waals surface area contributed by atoms with Crippen molar-refractivity contribution in [1.29, 1.82) is 0 Å². The number of aryl methyl sites for hydroxylation is 1. The molecule has 0 aromatic carbocycles. The predicted octanol–water partition coefficient (Wildman–Crippen LogP) is 0.749. The fraction of sp³-hybridized carbons (Fsp3) is 0.750. The highest BCUT2D eigenvalue weighted by molar-refractivity contribution is 5.74. The lowest BCUT2D eigenvalue weighted by molar-refractivity contribution is 0.0271. The summed E-state index contributed by atoms with van der Waals surface area (Å²) >= 11 is 0. The van der Waals surface area contributed by atoms with Gasteiger partial charge in [-0.2, -0.15) is 5.10 Å². The van der Waals surface area contributed by atoms with Gasteiger partial charge in [0, 0.05) is 49.9 Å². The molecular weight excluding hydrogens is 294 g/mol. The highest BCUT2D eigenvalue weighted by Crippen LogP contribution is 2.30. The molecule has 1 aromatic rings. The average molecular weight is 323 g/mol. The molecule has 23 heavy (non-hydrogen) atoms. The smallest absolute Gasteiger partial charge is 0.317 e. The van der Waals surface area contributed by atoms with Gasteiger partial charge in [0.2, 0.25) is 0 Å². The number of hydrogen-bond donors (Lipinski definition) is 2. The van der Waals surface area contributed by atoms with Crippen LogP contribution in [0.2, 0.25) is 0 Å². The van der Waals surface area contributed by atoms with E-state index in [0.29, 0.717) is 13.1 Å². The molecule has 0 saturated carbocycles. The molecule has 1 atom stereocenters. The van der Waals surface area contributed by atoms with Gasteiger partial charge in [-0.3, -0.25) is 4.68 Å². The van der Waals surface area contributed by atoms with Gasteiger partial charge in [-0.05, 0) is 33.9 Å². The zero-order valence-corrected chi connectivity index (χ0v) is 14.5. The summed E-state index contributed by atoms with van der Waals surface area (Å²) in [5.41, 5.74) is 0.783. The van der Waals surface area contributed by atoms with E-state index in [1.165, 1.54) is 0 Å². The zero-order chi connectivity index (χ0) is 16.9. The topological polar surface area (TPSA) is 73.6 Å². The number of nitrogens with one attached hydrogen (secondary N) is 1. The van der Waals surface area contributed by atoms with Gasteiger partial charge < -0.3 is 20.2 Å². The van der Waals surface area contributed by atoms with E-state index in [4.69, 9.17) is 0 Å². The zero-order valence-electron chi connectivity index (χ0n) is 14.5. The molecule has 0 aliphatic carbocycles. The maximum Gasteiger partial charge on any atom is 0.317 e. The Morgan fingerprint density at radius 1 is 1.52 bits per heavy atom. The number of carbonyl (C=O) groups is 1. The molecule has 1 aliphatic heterocycles. The third-order valence-corrected chi connectivity index (χ3v) is 4.39. The molecule has 2 amide bonds. The number of piperidine rings is 1. The van der Waals surface area contributed by atoms with Crippen molar-refractivity contribution in [2.45, 2.75) is 32.9 Å². The number of rotatable bonds is 6. The van der Waals surface area contributed by atoms with Gasteiger partial charge in [-0.25, -0.2) is 4.79 Å². The number of carbonyl (C=O) groups excluding carboxylic acids is 1. The summed E-state index contributed by atoms with van der Waals surface area (Å²) in [6, 6.07) is -0.0643. The number of hydrogen-bond acceptors (Lipinski definition) is 4. The second kappa shape index (κ2) is 7.79. The summed E-state index contributed by atoms with van der Waals surface area (Å²) in [5.74, 6) is 0. The molecule has 1 aromatic heterocycles. The Balaban J connectivity index is 1.90. The molecule has 1 saturated heterocycles. The van der Waals surface area contributed by atoms with Crippen molar-refractivity contribution in [2.75, 3.05) is 40.3 Å². The molecule has 7 heteroatoms. The van der Waals surface area contributed by atoms with Crippen LogP contribution in [0.5, 0.6) is 0 Å². The van der Waals surface area contributed by atoms with Crippen molar-refractivity contribution in [1.82, 2.24) is 24.9 Å². The summed E-state index contributed by atoms with van der Waals surface area (Å²) in [6.45, 7) is 5.58. The van der Waals surface area contributed by atoms with Crippen LogP contribution in [-0.4, -0.2) is 71.1 Å². The fourth-order valence-corrected chi connectivity index (χ4v) is 3.32. The van der Waals surface area contributed by atoms with E-state index in [1.807, 2.05) is 36.8 Å². The first-order valence-corrected chi connectivity index (χ1v) is 8.28. The van der Waals surface area contributed by atoms with Crippen LogP contribution in [0.4, 0.5) is 4.79 Å². The van der Waals surface area contributed by atoms with Crippen molar-refractivity contribution in [3.05, 3.63) is 18.0 Å². The van der Waals surface area contributed by atoms with Crippen LogP contribution in [0.15, 0.2) is 12.4 Å². The second-order valence-electron chi connectivity index (χ2n) is 6.78. The molecule has 2 rings (SSSR count). The molecule has 130 valence electrons. The van der Waals surface area contributed by atoms with Gasteiger partial charge in [0.25, 0.3) is 0 Å². The normalized spacial score (nSPS) is 21.7. The summed E-state index contributed by atoms with van der Waals surface area (Å²) in [7, 11) is 4.00. The highest BCUT2D eigenvalue weighted by Gasteiger charge is 2.37. The van der Waals surface area contributed by atoms with Crippen molar-refractivity contribution < 1.29 is 9.90 Å². The third kappa shape index (κ3) is 4.68. The largest absolute Gasteiger partial charge is 0.396 e. The van der Waals surface area contributed by atoms with E-state index in [0.717, 1.165) is 38.0 Å². The summed E-state index contributed by atoms with van der Waals surface area (Å²) in [5, 5.41) is 17.0. The Hall–Kier alpha value is -1.60. The van der Waals surface area contributed by atoms with Gasteiger partial charge in [-0.1, -0.05) is 0 Å². The Bertz CT molecular complexity index is 516. The molecule has 0 radical (unpaired) electrons. The van der Waals surface area contributed by atoms with Crippen molar-refractivity contribution in [2.24, 2.45) is 5.41 Å². The minimum atomic E-state index is -0.216. The number of aromatic nitrogens is 2. The lowest BCUT2D eigenvalue weighted by Gasteiger charge is -2.43. The van der Waals surface area contributed by atoms with E-state index in [2.05, 4.69) is 15.3 Å². The monoisotopic (exact) mass is 323 g/mol. The number of aliphatic hydroxyl groups is 1. The third-order valence-electron chi connectivity index (χ3n) is 4.39. The molecule has 1 unspecified atom stereocenters. The van der Waals surface area contributed by atoms with Crippen LogP contribution >= 0.6 is 0 Å². The van der Waals surface area contributed by atoms with E-state index in [9.17, 15) is 9.90 Å². The number of likely N-dealkylation sites (tertiary alicyclic amines) is 1. The second-order valence-corrected chi connectivity index (χ2v) is 6.78. The molecule has 2 N–H and O–H groups in total. The summed E-state index contributed by atoms with van der Waals surface area (Å²) in [4.78, 5) is 16.3. The van der Waals surface area contributed by atoms with Crippen LogP contribution in [0.3, 0.4) is 0 Å². The molecule has 0 spiro atoms.